The van der Waals surface area contributed by atoms with Gasteiger partial charge in [-0.3, -0.25) is 0 Å². The summed E-state index contributed by atoms with van der Waals surface area (Å²) in [5.41, 5.74) is 1.55. The Morgan fingerprint density at radius 3 is 1.97 bits per heavy atom. The molecule has 0 spiro atoms. The Morgan fingerprint density at radius 2 is 1.45 bits per heavy atom. The molecule has 160 valence electrons. The van der Waals surface area contributed by atoms with Crippen molar-refractivity contribution in [2.45, 2.75) is 18.4 Å². The molecule has 0 radical (unpaired) electrons. The standard InChI is InChI=1S/C25H24Cl2N2OS/c26-21-11-12-23(22(27)17-21)28-24(31)29-15-13-20(14-16-29)25(30,18-7-3-1-4-8-18)19-9-5-2-6-10-19/h1-12,17,20,30H,13-16H2,(H,28,31). The van der Waals surface area contributed by atoms with E-state index in [4.69, 9.17) is 35.4 Å². The zero-order valence-electron chi connectivity index (χ0n) is 17.0. The van der Waals surface area contributed by atoms with E-state index >= 15 is 0 Å². The summed E-state index contributed by atoms with van der Waals surface area (Å²) in [5.74, 6) is 0.0791. The molecule has 1 saturated heterocycles. The lowest BCUT2D eigenvalue weighted by atomic mass is 9.72. The largest absolute Gasteiger partial charge is 0.380 e. The van der Waals surface area contributed by atoms with E-state index in [2.05, 4.69) is 10.2 Å². The zero-order chi connectivity index (χ0) is 21.8. The third kappa shape index (κ3) is 4.73. The summed E-state index contributed by atoms with van der Waals surface area (Å²) in [6.07, 6.45) is 1.63. The summed E-state index contributed by atoms with van der Waals surface area (Å²) in [6, 6.07) is 25.2. The smallest absolute Gasteiger partial charge is 0.173 e. The van der Waals surface area contributed by atoms with Crippen LogP contribution in [0.5, 0.6) is 0 Å². The number of nitrogens with zero attached hydrogens (tertiary/aromatic N) is 1. The van der Waals surface area contributed by atoms with Crippen LogP contribution in [0, 0.1) is 5.92 Å². The first kappa shape index (κ1) is 22.1. The van der Waals surface area contributed by atoms with Gasteiger partial charge in [-0.15, -0.1) is 0 Å². The van der Waals surface area contributed by atoms with Gasteiger partial charge in [0.15, 0.2) is 5.11 Å². The first-order valence-electron chi connectivity index (χ1n) is 10.3. The second kappa shape index (κ2) is 9.58. The Bertz CT molecular complexity index is 998. The highest BCUT2D eigenvalue weighted by molar-refractivity contribution is 7.80. The van der Waals surface area contributed by atoms with Crippen molar-refractivity contribution >= 4 is 46.2 Å². The van der Waals surface area contributed by atoms with E-state index in [-0.39, 0.29) is 5.92 Å². The number of halogens is 2. The van der Waals surface area contributed by atoms with E-state index in [9.17, 15) is 5.11 Å². The Labute approximate surface area is 198 Å². The molecule has 0 aromatic heterocycles. The van der Waals surface area contributed by atoms with Crippen molar-refractivity contribution in [3.05, 3.63) is 100 Å². The third-order valence-electron chi connectivity index (χ3n) is 5.97. The molecule has 0 saturated carbocycles. The second-order valence-corrected chi connectivity index (χ2v) is 9.04. The molecule has 4 rings (SSSR count). The maximum Gasteiger partial charge on any atom is 0.173 e. The summed E-state index contributed by atoms with van der Waals surface area (Å²) in [4.78, 5) is 2.13. The molecule has 0 unspecified atom stereocenters. The van der Waals surface area contributed by atoms with Crippen LogP contribution in [0.4, 0.5) is 5.69 Å². The number of thiocarbonyl (C=S) groups is 1. The summed E-state index contributed by atoms with van der Waals surface area (Å²) in [6.45, 7) is 1.51. The molecule has 3 aromatic carbocycles. The Hall–Kier alpha value is -2.11. The van der Waals surface area contributed by atoms with Crippen molar-refractivity contribution in [3.8, 4) is 0 Å². The molecule has 0 atom stereocenters. The summed E-state index contributed by atoms with van der Waals surface area (Å²) in [5, 5.41) is 17.0. The van der Waals surface area contributed by atoms with Gasteiger partial charge in [-0.2, -0.15) is 0 Å². The van der Waals surface area contributed by atoms with Crippen molar-refractivity contribution in [2.24, 2.45) is 5.92 Å². The van der Waals surface area contributed by atoms with E-state index in [0.29, 0.717) is 15.2 Å². The number of piperidine rings is 1. The van der Waals surface area contributed by atoms with Crippen molar-refractivity contribution in [1.82, 2.24) is 4.90 Å². The lowest BCUT2D eigenvalue weighted by molar-refractivity contribution is -0.00631. The van der Waals surface area contributed by atoms with Crippen LogP contribution in [0.25, 0.3) is 0 Å². The summed E-state index contributed by atoms with van der Waals surface area (Å²) >= 11 is 17.9. The van der Waals surface area contributed by atoms with Crippen LogP contribution >= 0.6 is 35.4 Å². The minimum atomic E-state index is -1.04. The topological polar surface area (TPSA) is 35.5 Å². The molecule has 3 aromatic rings. The van der Waals surface area contributed by atoms with Gasteiger partial charge in [0.05, 0.1) is 10.7 Å². The van der Waals surface area contributed by atoms with E-state index in [0.717, 1.165) is 42.7 Å². The lowest BCUT2D eigenvalue weighted by Crippen LogP contribution is -2.47. The van der Waals surface area contributed by atoms with E-state index in [1.807, 2.05) is 66.7 Å². The Morgan fingerprint density at radius 1 is 0.903 bits per heavy atom. The molecule has 1 fully saturated rings. The number of likely N-dealkylation sites (tertiary alicyclic amines) is 1. The van der Waals surface area contributed by atoms with Crippen LogP contribution in [0.3, 0.4) is 0 Å². The van der Waals surface area contributed by atoms with Gasteiger partial charge in [-0.25, -0.2) is 0 Å². The Kier molecular flexibility index (Phi) is 6.83. The highest BCUT2D eigenvalue weighted by Crippen LogP contribution is 2.42. The van der Waals surface area contributed by atoms with E-state index < -0.39 is 5.60 Å². The van der Waals surface area contributed by atoms with Gasteiger partial charge in [-0.1, -0.05) is 83.9 Å². The molecule has 1 aliphatic rings. The fraction of sp³-hybridized carbons (Fsp3) is 0.240. The van der Waals surface area contributed by atoms with Gasteiger partial charge >= 0.3 is 0 Å². The van der Waals surface area contributed by atoms with Crippen LogP contribution < -0.4 is 5.32 Å². The van der Waals surface area contributed by atoms with Crippen LogP contribution in [-0.4, -0.2) is 28.2 Å². The van der Waals surface area contributed by atoms with E-state index in [1.54, 1.807) is 12.1 Å². The first-order chi connectivity index (χ1) is 15.0. The van der Waals surface area contributed by atoms with Crippen LogP contribution in [0.1, 0.15) is 24.0 Å². The first-order valence-corrected chi connectivity index (χ1v) is 11.5. The van der Waals surface area contributed by atoms with Gasteiger partial charge in [0.1, 0.15) is 5.60 Å². The Balaban J connectivity index is 1.50. The SMILES string of the molecule is OC(c1ccccc1)(c1ccccc1)C1CCN(C(=S)Nc2ccc(Cl)cc2Cl)CC1. The number of anilines is 1. The normalized spacial score (nSPS) is 15.0. The van der Waals surface area contributed by atoms with Crippen molar-refractivity contribution in [3.63, 3.8) is 0 Å². The molecule has 31 heavy (non-hydrogen) atoms. The summed E-state index contributed by atoms with van der Waals surface area (Å²) in [7, 11) is 0. The zero-order valence-corrected chi connectivity index (χ0v) is 19.3. The maximum atomic E-state index is 12.0. The molecule has 0 aliphatic carbocycles. The van der Waals surface area contributed by atoms with Gasteiger partial charge in [-0.05, 0) is 60.3 Å². The molecule has 3 nitrogen and oxygen atoms in total. The van der Waals surface area contributed by atoms with Gasteiger partial charge in [0.2, 0.25) is 0 Å². The van der Waals surface area contributed by atoms with Crippen LogP contribution in [0.15, 0.2) is 78.9 Å². The highest BCUT2D eigenvalue weighted by Gasteiger charge is 2.41. The fourth-order valence-corrected chi connectivity index (χ4v) is 5.06. The van der Waals surface area contributed by atoms with Crippen LogP contribution in [-0.2, 0) is 5.60 Å². The van der Waals surface area contributed by atoms with Gasteiger partial charge in [0.25, 0.3) is 0 Å². The van der Waals surface area contributed by atoms with Gasteiger partial charge in [0, 0.05) is 18.1 Å². The quantitative estimate of drug-likeness (QED) is 0.436. The molecule has 2 N–H and O–H groups in total. The number of aliphatic hydroxyl groups is 1. The van der Waals surface area contributed by atoms with Crippen molar-refractivity contribution < 1.29 is 5.11 Å². The van der Waals surface area contributed by atoms with Crippen molar-refractivity contribution in [1.29, 1.82) is 0 Å². The lowest BCUT2D eigenvalue weighted by Gasteiger charge is -2.43. The second-order valence-electron chi connectivity index (χ2n) is 7.81. The number of rotatable bonds is 4. The molecule has 6 heteroatoms. The van der Waals surface area contributed by atoms with Crippen molar-refractivity contribution in [2.75, 3.05) is 18.4 Å². The predicted octanol–water partition coefficient (Wildman–Crippen LogP) is 6.34. The van der Waals surface area contributed by atoms with E-state index in [1.165, 1.54) is 0 Å². The minimum Gasteiger partial charge on any atom is -0.380 e. The molecule has 0 amide bonds. The fourth-order valence-electron chi connectivity index (χ4n) is 4.31. The third-order valence-corrected chi connectivity index (χ3v) is 6.88. The number of nitrogens with one attached hydrogen (secondary N) is 1. The molecular formula is C25H24Cl2N2OS. The van der Waals surface area contributed by atoms with Gasteiger partial charge < -0.3 is 15.3 Å². The molecule has 1 heterocycles. The molecular weight excluding hydrogens is 447 g/mol. The number of hydrogen-bond donors (Lipinski definition) is 2. The molecule has 0 bridgehead atoms. The van der Waals surface area contributed by atoms with Crippen LogP contribution in [0.2, 0.25) is 10.0 Å². The number of hydrogen-bond acceptors (Lipinski definition) is 2. The molecule has 1 aliphatic heterocycles. The number of benzene rings is 3. The minimum absolute atomic E-state index is 0.0791. The maximum absolute atomic E-state index is 12.0. The highest BCUT2D eigenvalue weighted by atomic mass is 35.5. The average molecular weight is 471 g/mol. The predicted molar refractivity (Wildman–Crippen MR) is 133 cm³/mol. The summed E-state index contributed by atoms with van der Waals surface area (Å²) < 4.78 is 0. The average Bonchev–Trinajstić information content (AvgIpc) is 2.81. The monoisotopic (exact) mass is 470 g/mol.